The molecule has 4 nitrogen and oxygen atoms in total. The van der Waals surface area contributed by atoms with Crippen molar-refractivity contribution in [2.45, 2.75) is 32.1 Å². The van der Waals surface area contributed by atoms with E-state index < -0.39 is 10.1 Å². The number of H-pyrrole nitrogens is 1. The van der Waals surface area contributed by atoms with Gasteiger partial charge in [0.05, 0.1) is 5.69 Å². The van der Waals surface area contributed by atoms with Gasteiger partial charge in [-0.25, -0.2) is 0 Å². The highest BCUT2D eigenvalue weighted by molar-refractivity contribution is 7.87. The van der Waals surface area contributed by atoms with E-state index in [9.17, 15) is 8.42 Å². The Kier molecular flexibility index (Phi) is 3.87. The van der Waals surface area contributed by atoms with Gasteiger partial charge in [0.1, 0.15) is 10.6 Å². The maximum absolute atomic E-state index is 12.8. The topological polar surface area (TPSA) is 59.2 Å². The van der Waals surface area contributed by atoms with E-state index in [1.54, 1.807) is 24.3 Å². The van der Waals surface area contributed by atoms with Crippen LogP contribution < -0.4 is 4.18 Å². The van der Waals surface area contributed by atoms with Gasteiger partial charge >= 0.3 is 10.1 Å². The van der Waals surface area contributed by atoms with Gasteiger partial charge in [0, 0.05) is 22.9 Å². The monoisotopic (exact) mass is 403 g/mol. The molecular formula is C24H21NO3S. The summed E-state index contributed by atoms with van der Waals surface area (Å²) in [4.78, 5) is 3.72. The molecule has 1 heterocycles. The van der Waals surface area contributed by atoms with Crippen LogP contribution in [0.15, 0.2) is 59.5 Å². The number of nitrogens with one attached hydrogen (secondary N) is 1. The van der Waals surface area contributed by atoms with Crippen molar-refractivity contribution in [3.8, 4) is 17.0 Å². The molecule has 0 unspecified atom stereocenters. The number of aromatic nitrogens is 1. The summed E-state index contributed by atoms with van der Waals surface area (Å²) < 4.78 is 31.3. The highest BCUT2D eigenvalue weighted by atomic mass is 32.2. The molecule has 146 valence electrons. The first kappa shape index (κ1) is 18.0. The Morgan fingerprint density at radius 1 is 0.931 bits per heavy atom. The van der Waals surface area contributed by atoms with E-state index in [2.05, 4.69) is 17.1 Å². The smallest absolute Gasteiger partial charge is 0.339 e. The third-order valence-electron chi connectivity index (χ3n) is 5.89. The maximum atomic E-state index is 12.8. The normalized spacial score (nSPS) is 12.8. The standard InChI is InChI=1S/C24H21NO3S/c1-14-8-10-18(11-9-14)29(26,27)28-22-13-21-20-12-17-6-4-5-7-19(17)24(20)25-23(21)16(3)15(22)2/h4-11,13,25H,12H2,1-3H3. The highest BCUT2D eigenvalue weighted by Crippen LogP contribution is 2.43. The van der Waals surface area contributed by atoms with Gasteiger partial charge < -0.3 is 9.17 Å². The lowest BCUT2D eigenvalue weighted by atomic mass is 10.0. The van der Waals surface area contributed by atoms with Crippen LogP contribution in [0.1, 0.15) is 27.8 Å². The second kappa shape index (κ2) is 6.22. The molecule has 1 aliphatic rings. The van der Waals surface area contributed by atoms with Gasteiger partial charge in [-0.3, -0.25) is 0 Å². The van der Waals surface area contributed by atoms with Crippen molar-refractivity contribution in [1.29, 1.82) is 0 Å². The average molecular weight is 404 g/mol. The Morgan fingerprint density at radius 2 is 1.66 bits per heavy atom. The van der Waals surface area contributed by atoms with Crippen LogP contribution in [-0.4, -0.2) is 13.4 Å². The van der Waals surface area contributed by atoms with Gasteiger partial charge in [0.25, 0.3) is 0 Å². The number of aryl methyl sites for hydroxylation is 2. The van der Waals surface area contributed by atoms with E-state index in [1.807, 2.05) is 39.0 Å². The third-order valence-corrected chi connectivity index (χ3v) is 7.14. The summed E-state index contributed by atoms with van der Waals surface area (Å²) in [5, 5.41) is 1.02. The molecule has 0 saturated heterocycles. The fourth-order valence-electron chi connectivity index (χ4n) is 4.10. The minimum absolute atomic E-state index is 0.159. The summed E-state index contributed by atoms with van der Waals surface area (Å²) in [7, 11) is -3.90. The summed E-state index contributed by atoms with van der Waals surface area (Å²) in [6, 6.07) is 16.9. The van der Waals surface area contributed by atoms with Gasteiger partial charge in [-0.2, -0.15) is 8.42 Å². The zero-order valence-corrected chi connectivity index (χ0v) is 17.4. The molecule has 0 saturated carbocycles. The molecule has 1 aliphatic carbocycles. The van der Waals surface area contributed by atoms with E-state index in [0.717, 1.165) is 39.7 Å². The van der Waals surface area contributed by atoms with Crippen molar-refractivity contribution in [2.75, 3.05) is 0 Å². The Morgan fingerprint density at radius 3 is 2.41 bits per heavy atom. The Balaban J connectivity index is 1.63. The molecule has 0 atom stereocenters. The molecule has 0 amide bonds. The molecule has 5 heteroatoms. The van der Waals surface area contributed by atoms with Crippen LogP contribution in [0.4, 0.5) is 0 Å². The Labute approximate surface area is 170 Å². The molecular weight excluding hydrogens is 382 g/mol. The second-order valence-corrected chi connectivity index (χ2v) is 9.26. The lowest BCUT2D eigenvalue weighted by Gasteiger charge is -2.13. The first-order valence-electron chi connectivity index (χ1n) is 9.59. The third kappa shape index (κ3) is 2.76. The minimum atomic E-state index is -3.90. The van der Waals surface area contributed by atoms with Crippen LogP contribution in [0.2, 0.25) is 0 Å². The van der Waals surface area contributed by atoms with Crippen molar-refractivity contribution in [1.82, 2.24) is 4.98 Å². The van der Waals surface area contributed by atoms with Crippen molar-refractivity contribution in [3.63, 3.8) is 0 Å². The molecule has 1 aromatic heterocycles. The summed E-state index contributed by atoms with van der Waals surface area (Å²) >= 11 is 0. The molecule has 0 fully saturated rings. The fourth-order valence-corrected chi connectivity index (χ4v) is 5.08. The highest BCUT2D eigenvalue weighted by Gasteiger charge is 2.26. The molecule has 5 rings (SSSR count). The molecule has 0 radical (unpaired) electrons. The molecule has 0 aliphatic heterocycles. The predicted molar refractivity (Wildman–Crippen MR) is 115 cm³/mol. The van der Waals surface area contributed by atoms with Gasteiger partial charge in [0.2, 0.25) is 0 Å². The first-order valence-corrected chi connectivity index (χ1v) is 11.0. The molecule has 1 N–H and O–H groups in total. The first-order chi connectivity index (χ1) is 13.8. The lowest BCUT2D eigenvalue weighted by molar-refractivity contribution is 0.484. The Hall–Kier alpha value is -3.05. The fraction of sp³-hybridized carbons (Fsp3) is 0.167. The van der Waals surface area contributed by atoms with Crippen molar-refractivity contribution >= 4 is 21.0 Å². The van der Waals surface area contributed by atoms with E-state index in [0.29, 0.717) is 5.75 Å². The van der Waals surface area contributed by atoms with Crippen molar-refractivity contribution in [3.05, 3.63) is 82.4 Å². The van der Waals surface area contributed by atoms with Gasteiger partial charge in [-0.15, -0.1) is 0 Å². The quantitative estimate of drug-likeness (QED) is 0.409. The van der Waals surface area contributed by atoms with E-state index in [1.165, 1.54) is 16.7 Å². The van der Waals surface area contributed by atoms with Crippen molar-refractivity contribution < 1.29 is 12.6 Å². The summed E-state index contributed by atoms with van der Waals surface area (Å²) in [5.74, 6) is 0.383. The maximum Gasteiger partial charge on any atom is 0.339 e. The molecule has 4 aromatic rings. The molecule has 0 bridgehead atoms. The van der Waals surface area contributed by atoms with Crippen LogP contribution >= 0.6 is 0 Å². The SMILES string of the molecule is Cc1ccc(S(=O)(=O)Oc2cc3c4c([nH]c3c(C)c2C)-c2ccccc2C4)cc1. The second-order valence-electron chi connectivity index (χ2n) is 7.71. The molecule has 29 heavy (non-hydrogen) atoms. The zero-order chi connectivity index (χ0) is 20.3. The Bertz CT molecular complexity index is 1380. The zero-order valence-electron chi connectivity index (χ0n) is 16.5. The molecule has 3 aromatic carbocycles. The number of fused-ring (bicyclic) bond motifs is 5. The average Bonchev–Trinajstić information content (AvgIpc) is 3.23. The van der Waals surface area contributed by atoms with Gasteiger partial charge in [0.15, 0.2) is 0 Å². The van der Waals surface area contributed by atoms with Crippen LogP contribution in [0.3, 0.4) is 0 Å². The summed E-state index contributed by atoms with van der Waals surface area (Å²) in [6.45, 7) is 5.82. The van der Waals surface area contributed by atoms with E-state index >= 15 is 0 Å². The van der Waals surface area contributed by atoms with Gasteiger partial charge in [-0.05, 0) is 61.2 Å². The van der Waals surface area contributed by atoms with Crippen LogP contribution in [0.25, 0.3) is 22.2 Å². The summed E-state index contributed by atoms with van der Waals surface area (Å²) in [5.41, 5.74) is 8.68. The largest absolute Gasteiger partial charge is 0.379 e. The van der Waals surface area contributed by atoms with Gasteiger partial charge in [-0.1, -0.05) is 42.0 Å². The summed E-state index contributed by atoms with van der Waals surface area (Å²) in [6.07, 6.45) is 0.832. The molecule has 0 spiro atoms. The number of hydrogen-bond donors (Lipinski definition) is 1. The minimum Gasteiger partial charge on any atom is -0.379 e. The van der Waals surface area contributed by atoms with Crippen LogP contribution in [-0.2, 0) is 16.5 Å². The van der Waals surface area contributed by atoms with Crippen molar-refractivity contribution in [2.24, 2.45) is 0 Å². The number of hydrogen-bond acceptors (Lipinski definition) is 3. The number of rotatable bonds is 3. The van der Waals surface area contributed by atoms with E-state index in [4.69, 9.17) is 4.18 Å². The predicted octanol–water partition coefficient (Wildman–Crippen LogP) is 5.43. The van der Waals surface area contributed by atoms with E-state index in [-0.39, 0.29) is 4.90 Å². The number of aromatic amines is 1. The van der Waals surface area contributed by atoms with Crippen LogP contribution in [0, 0.1) is 20.8 Å². The number of benzene rings is 3. The lowest BCUT2D eigenvalue weighted by Crippen LogP contribution is -2.11. The van der Waals surface area contributed by atoms with Crippen LogP contribution in [0.5, 0.6) is 5.75 Å².